The fourth-order valence-electron chi connectivity index (χ4n) is 5.11. The third-order valence-corrected chi connectivity index (χ3v) is 7.25. The third kappa shape index (κ3) is 8.59. The average molecular weight is 570 g/mol. The lowest BCUT2D eigenvalue weighted by atomic mass is 9.85. The summed E-state index contributed by atoms with van der Waals surface area (Å²) in [5, 5.41) is 3.50. The molecule has 0 saturated carbocycles. The maximum atomic E-state index is 6.42. The van der Waals surface area contributed by atoms with Crippen LogP contribution in [-0.4, -0.2) is 55.6 Å². The molecular weight excluding hydrogens is 530 g/mol. The second-order valence-electron chi connectivity index (χ2n) is 10.2. The summed E-state index contributed by atoms with van der Waals surface area (Å²) < 4.78 is 30.1. The summed E-state index contributed by atoms with van der Waals surface area (Å²) in [4.78, 5) is 8.84. The van der Waals surface area contributed by atoms with Crippen LogP contribution >= 0.6 is 0 Å². The number of nitrogens with one attached hydrogen (secondary N) is 1. The first-order chi connectivity index (χ1) is 20.8. The van der Waals surface area contributed by atoms with Crippen molar-refractivity contribution < 1.29 is 23.7 Å². The minimum Gasteiger partial charge on any atom is -0.496 e. The lowest BCUT2D eigenvalue weighted by Crippen LogP contribution is -2.50. The standard InChI is InChI=1S/C34H39N3O5/c1-38-31-12-3-2-9-27(31)23-39-19-8-20-40-30-15-13-26(14-16-30)34-32(41-24-28-10-4-6-17-36-28)21-35-22-33(34)42-25-29-11-5-7-18-37-29/h2-7,9-18,32-35H,8,19-25H2,1H3. The van der Waals surface area contributed by atoms with Gasteiger partial charge in [0.1, 0.15) is 11.5 Å². The quantitative estimate of drug-likeness (QED) is 0.193. The number of para-hydroxylation sites is 1. The second-order valence-corrected chi connectivity index (χ2v) is 10.2. The van der Waals surface area contributed by atoms with E-state index in [4.69, 9.17) is 23.7 Å². The molecule has 1 N–H and O–H groups in total. The number of hydrogen-bond acceptors (Lipinski definition) is 8. The van der Waals surface area contributed by atoms with Crippen LogP contribution < -0.4 is 14.8 Å². The van der Waals surface area contributed by atoms with E-state index >= 15 is 0 Å². The summed E-state index contributed by atoms with van der Waals surface area (Å²) in [7, 11) is 1.67. The van der Waals surface area contributed by atoms with Crippen molar-refractivity contribution in [3.63, 3.8) is 0 Å². The fourth-order valence-corrected chi connectivity index (χ4v) is 5.11. The first kappa shape index (κ1) is 29.7. The van der Waals surface area contributed by atoms with Gasteiger partial charge in [0.25, 0.3) is 0 Å². The molecule has 220 valence electrons. The molecule has 3 heterocycles. The Morgan fingerprint density at radius 2 is 1.36 bits per heavy atom. The Labute approximate surface area is 248 Å². The SMILES string of the molecule is COc1ccccc1COCCCOc1ccc(C2C(OCc3ccccn3)CNCC2OCc2ccccn2)cc1. The van der Waals surface area contributed by atoms with Gasteiger partial charge in [0, 0.05) is 43.4 Å². The molecular formula is C34H39N3O5. The minimum atomic E-state index is -0.0818. The summed E-state index contributed by atoms with van der Waals surface area (Å²) in [6.45, 7) is 4.04. The van der Waals surface area contributed by atoms with Crippen molar-refractivity contribution in [3.8, 4) is 11.5 Å². The van der Waals surface area contributed by atoms with E-state index in [2.05, 4.69) is 27.4 Å². The number of piperidine rings is 1. The number of hydrogen-bond donors (Lipinski definition) is 1. The Hall–Kier alpha value is -3.82. The molecule has 0 aliphatic carbocycles. The topological polar surface area (TPSA) is 84.0 Å². The molecule has 0 spiro atoms. The predicted molar refractivity (Wildman–Crippen MR) is 160 cm³/mol. The smallest absolute Gasteiger partial charge is 0.124 e. The number of methoxy groups -OCH3 is 1. The van der Waals surface area contributed by atoms with E-state index in [0.29, 0.717) is 33.0 Å². The van der Waals surface area contributed by atoms with Gasteiger partial charge in [-0.25, -0.2) is 0 Å². The molecule has 2 unspecified atom stereocenters. The number of pyridine rings is 2. The Morgan fingerprint density at radius 3 is 1.98 bits per heavy atom. The van der Waals surface area contributed by atoms with Crippen molar-refractivity contribution in [2.45, 2.75) is 44.4 Å². The Bertz CT molecular complexity index is 1270. The van der Waals surface area contributed by atoms with Crippen LogP contribution in [0.5, 0.6) is 11.5 Å². The number of aromatic nitrogens is 2. The monoisotopic (exact) mass is 569 g/mol. The highest BCUT2D eigenvalue weighted by Gasteiger charge is 2.36. The largest absolute Gasteiger partial charge is 0.496 e. The molecule has 4 aromatic rings. The van der Waals surface area contributed by atoms with Crippen LogP contribution in [0.3, 0.4) is 0 Å². The van der Waals surface area contributed by atoms with E-state index in [1.54, 1.807) is 19.5 Å². The number of nitrogens with zero attached hydrogens (tertiary/aromatic N) is 2. The van der Waals surface area contributed by atoms with Crippen molar-refractivity contribution in [1.82, 2.24) is 15.3 Å². The minimum absolute atomic E-state index is 0.0381. The van der Waals surface area contributed by atoms with Crippen molar-refractivity contribution >= 4 is 0 Å². The van der Waals surface area contributed by atoms with Crippen LogP contribution in [0.15, 0.2) is 97.3 Å². The van der Waals surface area contributed by atoms with Gasteiger partial charge in [-0.2, -0.15) is 0 Å². The molecule has 2 atom stereocenters. The van der Waals surface area contributed by atoms with Crippen molar-refractivity contribution in [3.05, 3.63) is 120 Å². The summed E-state index contributed by atoms with van der Waals surface area (Å²) in [6.07, 6.45) is 4.21. The highest BCUT2D eigenvalue weighted by atomic mass is 16.5. The van der Waals surface area contributed by atoms with Crippen molar-refractivity contribution in [1.29, 1.82) is 0 Å². The van der Waals surface area contributed by atoms with Gasteiger partial charge in [-0.3, -0.25) is 9.97 Å². The molecule has 0 bridgehead atoms. The normalized spacial score (nSPS) is 18.5. The van der Waals surface area contributed by atoms with E-state index in [9.17, 15) is 0 Å². The van der Waals surface area contributed by atoms with Gasteiger partial charge in [-0.1, -0.05) is 42.5 Å². The van der Waals surface area contributed by atoms with Crippen LogP contribution in [0.2, 0.25) is 0 Å². The Balaban J connectivity index is 1.16. The predicted octanol–water partition coefficient (Wildman–Crippen LogP) is 5.33. The summed E-state index contributed by atoms with van der Waals surface area (Å²) >= 11 is 0. The molecule has 0 amide bonds. The molecule has 0 radical (unpaired) electrons. The van der Waals surface area contributed by atoms with E-state index in [0.717, 1.165) is 53.5 Å². The number of rotatable bonds is 15. The van der Waals surface area contributed by atoms with Gasteiger partial charge in [0.2, 0.25) is 0 Å². The maximum absolute atomic E-state index is 6.42. The molecule has 1 aliphatic rings. The molecule has 1 saturated heterocycles. The lowest BCUT2D eigenvalue weighted by Gasteiger charge is -2.38. The molecule has 1 aliphatic heterocycles. The average Bonchev–Trinajstić information content (AvgIpc) is 3.06. The first-order valence-electron chi connectivity index (χ1n) is 14.5. The van der Waals surface area contributed by atoms with Crippen LogP contribution in [0.25, 0.3) is 0 Å². The summed E-state index contributed by atoms with van der Waals surface area (Å²) in [5.74, 6) is 1.71. The van der Waals surface area contributed by atoms with E-state index in [1.165, 1.54) is 0 Å². The molecule has 8 nitrogen and oxygen atoms in total. The molecule has 5 rings (SSSR count). The third-order valence-electron chi connectivity index (χ3n) is 7.25. The van der Waals surface area contributed by atoms with Crippen molar-refractivity contribution in [2.24, 2.45) is 0 Å². The second kappa shape index (κ2) is 16.0. The lowest BCUT2D eigenvalue weighted by molar-refractivity contribution is -0.0662. The number of benzene rings is 2. The van der Waals surface area contributed by atoms with Crippen molar-refractivity contribution in [2.75, 3.05) is 33.4 Å². The van der Waals surface area contributed by atoms with E-state index < -0.39 is 0 Å². The summed E-state index contributed by atoms with van der Waals surface area (Å²) in [6, 6.07) is 27.9. The molecule has 42 heavy (non-hydrogen) atoms. The van der Waals surface area contributed by atoms with Gasteiger partial charge in [-0.15, -0.1) is 0 Å². The van der Waals surface area contributed by atoms with Gasteiger partial charge in [0.15, 0.2) is 0 Å². The summed E-state index contributed by atoms with van der Waals surface area (Å²) in [5.41, 5.74) is 4.01. The van der Waals surface area contributed by atoms with Gasteiger partial charge >= 0.3 is 0 Å². The molecule has 2 aromatic heterocycles. The maximum Gasteiger partial charge on any atom is 0.124 e. The van der Waals surface area contributed by atoms with Crippen LogP contribution in [0.1, 0.15) is 34.9 Å². The van der Waals surface area contributed by atoms with Gasteiger partial charge in [-0.05, 0) is 48.0 Å². The Kier molecular flexibility index (Phi) is 11.3. The highest BCUT2D eigenvalue weighted by Crippen LogP contribution is 2.32. The zero-order valence-corrected chi connectivity index (χ0v) is 24.1. The zero-order valence-electron chi connectivity index (χ0n) is 24.1. The number of ether oxygens (including phenoxy) is 5. The van der Waals surface area contributed by atoms with Crippen LogP contribution in [-0.2, 0) is 34.0 Å². The zero-order chi connectivity index (χ0) is 28.8. The first-order valence-corrected chi connectivity index (χ1v) is 14.5. The Morgan fingerprint density at radius 1 is 0.714 bits per heavy atom. The van der Waals surface area contributed by atoms with Gasteiger partial charge < -0.3 is 29.0 Å². The highest BCUT2D eigenvalue weighted by molar-refractivity contribution is 5.33. The molecule has 1 fully saturated rings. The van der Waals surface area contributed by atoms with E-state index in [1.807, 2.05) is 72.8 Å². The molecule has 2 aromatic carbocycles. The van der Waals surface area contributed by atoms with Crippen LogP contribution in [0, 0.1) is 0 Å². The van der Waals surface area contributed by atoms with E-state index in [-0.39, 0.29) is 18.1 Å². The van der Waals surface area contributed by atoms with Crippen LogP contribution in [0.4, 0.5) is 0 Å². The molecule has 8 heteroatoms. The van der Waals surface area contributed by atoms with Gasteiger partial charge in [0.05, 0.1) is 63.7 Å². The fraction of sp³-hybridized carbons (Fsp3) is 0.353.